The summed E-state index contributed by atoms with van der Waals surface area (Å²) in [7, 11) is -2.31. The van der Waals surface area contributed by atoms with Crippen LogP contribution < -0.4 is 10.1 Å². The van der Waals surface area contributed by atoms with Gasteiger partial charge >= 0.3 is 0 Å². The van der Waals surface area contributed by atoms with Crippen LogP contribution in [0.5, 0.6) is 5.75 Å². The van der Waals surface area contributed by atoms with Crippen LogP contribution in [0.15, 0.2) is 17.0 Å². The van der Waals surface area contributed by atoms with E-state index < -0.39 is 15.7 Å². The van der Waals surface area contributed by atoms with Crippen molar-refractivity contribution in [2.24, 2.45) is 0 Å². The maximum absolute atomic E-state index is 14.1. The summed E-state index contributed by atoms with van der Waals surface area (Å²) in [6.07, 6.45) is 2.87. The molecular formula is C13H18FNO3S. The molecule has 106 valence electrons. The van der Waals surface area contributed by atoms with Gasteiger partial charge in [0.1, 0.15) is 16.5 Å². The van der Waals surface area contributed by atoms with Crippen LogP contribution in [-0.2, 0) is 15.4 Å². The fourth-order valence-electron chi connectivity index (χ4n) is 2.54. The van der Waals surface area contributed by atoms with Gasteiger partial charge in [0.05, 0.1) is 7.11 Å². The SMILES string of the molecule is COc1cc(C2(C)CCCN2)cc(F)c1S(C)(=O)=O. The highest BCUT2D eigenvalue weighted by Gasteiger charge is 2.32. The van der Waals surface area contributed by atoms with Crippen molar-refractivity contribution >= 4 is 9.84 Å². The molecule has 1 fully saturated rings. The van der Waals surface area contributed by atoms with Crippen LogP contribution in [0.1, 0.15) is 25.3 Å². The average Bonchev–Trinajstić information content (AvgIpc) is 2.74. The van der Waals surface area contributed by atoms with Gasteiger partial charge in [-0.25, -0.2) is 12.8 Å². The lowest BCUT2D eigenvalue weighted by Gasteiger charge is -2.26. The molecule has 0 spiro atoms. The van der Waals surface area contributed by atoms with Crippen LogP contribution in [0.4, 0.5) is 4.39 Å². The van der Waals surface area contributed by atoms with Crippen LogP contribution >= 0.6 is 0 Å². The minimum Gasteiger partial charge on any atom is -0.495 e. The number of nitrogens with one attached hydrogen (secondary N) is 1. The Kier molecular flexibility index (Phi) is 3.57. The summed E-state index contributed by atoms with van der Waals surface area (Å²) in [4.78, 5) is -0.375. The number of ether oxygens (including phenoxy) is 1. The first kappa shape index (κ1) is 14.3. The maximum Gasteiger partial charge on any atom is 0.182 e. The van der Waals surface area contributed by atoms with Gasteiger partial charge in [-0.05, 0) is 44.0 Å². The molecule has 1 atom stereocenters. The summed E-state index contributed by atoms with van der Waals surface area (Å²) in [5.74, 6) is -0.695. The summed E-state index contributed by atoms with van der Waals surface area (Å²) in [5, 5.41) is 3.31. The fraction of sp³-hybridized carbons (Fsp3) is 0.538. The van der Waals surface area contributed by atoms with Gasteiger partial charge in [0.2, 0.25) is 0 Å². The largest absolute Gasteiger partial charge is 0.495 e. The molecule has 1 heterocycles. The molecule has 0 bridgehead atoms. The van der Waals surface area contributed by atoms with Crippen LogP contribution in [0.2, 0.25) is 0 Å². The Morgan fingerprint density at radius 2 is 2.11 bits per heavy atom. The molecule has 0 radical (unpaired) electrons. The lowest BCUT2D eigenvalue weighted by atomic mass is 9.90. The molecule has 6 heteroatoms. The second kappa shape index (κ2) is 4.76. The average molecular weight is 287 g/mol. The zero-order valence-electron chi connectivity index (χ0n) is 11.3. The minimum atomic E-state index is -3.66. The Balaban J connectivity index is 2.60. The van der Waals surface area contributed by atoms with E-state index in [0.717, 1.165) is 25.6 Å². The van der Waals surface area contributed by atoms with Crippen molar-refractivity contribution in [1.82, 2.24) is 5.32 Å². The lowest BCUT2D eigenvalue weighted by molar-refractivity contribution is 0.384. The van der Waals surface area contributed by atoms with E-state index in [-0.39, 0.29) is 16.2 Å². The predicted molar refractivity (Wildman–Crippen MR) is 70.7 cm³/mol. The van der Waals surface area contributed by atoms with Gasteiger partial charge in [0.25, 0.3) is 0 Å². The van der Waals surface area contributed by atoms with E-state index in [4.69, 9.17) is 4.74 Å². The van der Waals surface area contributed by atoms with E-state index in [1.165, 1.54) is 13.2 Å². The fourth-order valence-corrected chi connectivity index (χ4v) is 3.46. The summed E-state index contributed by atoms with van der Waals surface area (Å²) in [5.41, 5.74) is 0.385. The third kappa shape index (κ3) is 2.60. The van der Waals surface area contributed by atoms with E-state index in [1.54, 1.807) is 6.07 Å². The highest BCUT2D eigenvalue weighted by molar-refractivity contribution is 7.90. The van der Waals surface area contributed by atoms with Crippen molar-refractivity contribution < 1.29 is 17.5 Å². The number of halogens is 1. The van der Waals surface area contributed by atoms with Crippen LogP contribution in [0, 0.1) is 5.82 Å². The maximum atomic E-state index is 14.1. The third-order valence-corrected chi connectivity index (χ3v) is 4.74. The first-order chi connectivity index (χ1) is 8.78. The summed E-state index contributed by atoms with van der Waals surface area (Å²) < 4.78 is 42.4. The van der Waals surface area contributed by atoms with E-state index >= 15 is 0 Å². The molecule has 2 rings (SSSR count). The van der Waals surface area contributed by atoms with Crippen molar-refractivity contribution in [3.8, 4) is 5.75 Å². The van der Waals surface area contributed by atoms with Gasteiger partial charge < -0.3 is 10.1 Å². The molecule has 0 amide bonds. The molecule has 0 aliphatic carbocycles. The monoisotopic (exact) mass is 287 g/mol. The molecule has 1 aliphatic rings. The van der Waals surface area contributed by atoms with Gasteiger partial charge in [-0.3, -0.25) is 0 Å². The normalized spacial score (nSPS) is 23.6. The van der Waals surface area contributed by atoms with Crippen molar-refractivity contribution in [1.29, 1.82) is 0 Å². The van der Waals surface area contributed by atoms with Crippen molar-refractivity contribution in [2.75, 3.05) is 19.9 Å². The Labute approximate surface area is 112 Å². The first-order valence-electron chi connectivity index (χ1n) is 6.11. The van der Waals surface area contributed by atoms with Gasteiger partial charge in [-0.2, -0.15) is 0 Å². The zero-order valence-corrected chi connectivity index (χ0v) is 12.1. The standard InChI is InChI=1S/C13H18FNO3S/c1-13(5-4-6-15-13)9-7-10(14)12(19(3,16)17)11(8-9)18-2/h7-8,15H,4-6H2,1-3H3. The Bertz CT molecular complexity index is 592. The Morgan fingerprint density at radius 3 is 2.58 bits per heavy atom. The number of hydrogen-bond donors (Lipinski definition) is 1. The zero-order chi connectivity index (χ0) is 14.3. The summed E-state index contributed by atoms with van der Waals surface area (Å²) >= 11 is 0. The smallest absolute Gasteiger partial charge is 0.182 e. The van der Waals surface area contributed by atoms with E-state index in [1.807, 2.05) is 6.92 Å². The Morgan fingerprint density at radius 1 is 1.42 bits per heavy atom. The number of hydrogen-bond acceptors (Lipinski definition) is 4. The highest BCUT2D eigenvalue weighted by Crippen LogP contribution is 2.36. The first-order valence-corrected chi connectivity index (χ1v) is 8.00. The quantitative estimate of drug-likeness (QED) is 0.921. The van der Waals surface area contributed by atoms with Gasteiger partial charge in [0, 0.05) is 11.8 Å². The molecule has 1 saturated heterocycles. The van der Waals surface area contributed by atoms with E-state index in [0.29, 0.717) is 5.56 Å². The molecule has 19 heavy (non-hydrogen) atoms. The van der Waals surface area contributed by atoms with Crippen molar-refractivity contribution in [3.63, 3.8) is 0 Å². The van der Waals surface area contributed by atoms with Gasteiger partial charge in [-0.15, -0.1) is 0 Å². The third-order valence-electron chi connectivity index (χ3n) is 3.61. The number of benzene rings is 1. The molecule has 0 saturated carbocycles. The summed E-state index contributed by atoms with van der Waals surface area (Å²) in [6, 6.07) is 2.90. The Hall–Kier alpha value is -1.14. The minimum absolute atomic E-state index is 0.0624. The molecule has 4 nitrogen and oxygen atoms in total. The van der Waals surface area contributed by atoms with E-state index in [2.05, 4.69) is 5.32 Å². The molecule has 1 aromatic carbocycles. The van der Waals surface area contributed by atoms with Crippen LogP contribution in [-0.4, -0.2) is 28.3 Å². The summed E-state index contributed by atoms with van der Waals surface area (Å²) in [6.45, 7) is 2.85. The van der Waals surface area contributed by atoms with Crippen molar-refractivity contribution in [3.05, 3.63) is 23.5 Å². The molecule has 1 aliphatic heterocycles. The molecule has 1 N–H and O–H groups in total. The molecular weight excluding hydrogens is 269 g/mol. The van der Waals surface area contributed by atoms with Gasteiger partial charge in [-0.1, -0.05) is 0 Å². The second-order valence-corrected chi connectivity index (χ2v) is 7.08. The highest BCUT2D eigenvalue weighted by atomic mass is 32.2. The lowest BCUT2D eigenvalue weighted by Crippen LogP contribution is -2.33. The number of methoxy groups -OCH3 is 1. The second-order valence-electron chi connectivity index (χ2n) is 5.12. The van der Waals surface area contributed by atoms with Gasteiger partial charge in [0.15, 0.2) is 9.84 Å². The number of sulfone groups is 1. The molecule has 1 unspecified atom stereocenters. The number of rotatable bonds is 3. The molecule has 1 aromatic rings. The van der Waals surface area contributed by atoms with Crippen LogP contribution in [0.25, 0.3) is 0 Å². The topological polar surface area (TPSA) is 55.4 Å². The van der Waals surface area contributed by atoms with Crippen LogP contribution in [0.3, 0.4) is 0 Å². The predicted octanol–water partition coefficient (Wildman–Crippen LogP) is 1.84. The molecule has 0 aromatic heterocycles. The van der Waals surface area contributed by atoms with Crippen molar-refractivity contribution in [2.45, 2.75) is 30.2 Å². The van der Waals surface area contributed by atoms with E-state index in [9.17, 15) is 12.8 Å².